The Balaban J connectivity index is 2.39. The van der Waals surface area contributed by atoms with E-state index < -0.39 is 0 Å². The Bertz CT molecular complexity index is 207. The molecule has 0 aromatic carbocycles. The third-order valence-electron chi connectivity index (χ3n) is 3.54. The van der Waals surface area contributed by atoms with Gasteiger partial charge in [0.1, 0.15) is 0 Å². The van der Waals surface area contributed by atoms with E-state index in [2.05, 4.69) is 32.7 Å². The molecular weight excluding hydrogens is 212 g/mol. The highest BCUT2D eigenvalue weighted by Crippen LogP contribution is 2.24. The Morgan fingerprint density at radius 2 is 2.12 bits per heavy atom. The molecule has 1 fully saturated rings. The van der Waals surface area contributed by atoms with Crippen LogP contribution in [0.15, 0.2) is 0 Å². The van der Waals surface area contributed by atoms with Crippen molar-refractivity contribution in [3.05, 3.63) is 0 Å². The van der Waals surface area contributed by atoms with Crippen molar-refractivity contribution in [3.63, 3.8) is 0 Å². The number of likely N-dealkylation sites (N-methyl/N-ethyl adjacent to an activating group) is 1. The number of nitrogens with zero attached hydrogens (tertiary/aromatic N) is 1. The first-order valence-electron chi connectivity index (χ1n) is 6.90. The molecule has 3 heteroatoms. The second-order valence-electron chi connectivity index (χ2n) is 6.68. The fraction of sp³-hybridized carbons (Fsp3) is 1.00. The highest BCUT2D eigenvalue weighted by molar-refractivity contribution is 4.78. The van der Waals surface area contributed by atoms with Gasteiger partial charge in [0.05, 0.1) is 6.61 Å². The summed E-state index contributed by atoms with van der Waals surface area (Å²) in [4.78, 5) is 2.44. The van der Waals surface area contributed by atoms with Crippen molar-refractivity contribution in [2.24, 2.45) is 17.1 Å². The van der Waals surface area contributed by atoms with E-state index in [0.29, 0.717) is 17.4 Å². The first-order valence-corrected chi connectivity index (χ1v) is 6.90. The monoisotopic (exact) mass is 242 g/mol. The molecule has 0 aromatic rings. The summed E-state index contributed by atoms with van der Waals surface area (Å²) in [5.41, 5.74) is 6.26. The second kappa shape index (κ2) is 6.72. The van der Waals surface area contributed by atoms with Crippen LogP contribution in [0.4, 0.5) is 0 Å². The number of hydrogen-bond acceptors (Lipinski definition) is 3. The van der Waals surface area contributed by atoms with Crippen LogP contribution < -0.4 is 5.73 Å². The largest absolute Gasteiger partial charge is 0.381 e. The van der Waals surface area contributed by atoms with Crippen LogP contribution in [0.3, 0.4) is 0 Å². The average molecular weight is 242 g/mol. The van der Waals surface area contributed by atoms with Gasteiger partial charge in [-0.15, -0.1) is 0 Å². The van der Waals surface area contributed by atoms with Crippen molar-refractivity contribution in [2.75, 3.05) is 33.4 Å². The molecule has 1 rings (SSSR count). The second-order valence-corrected chi connectivity index (χ2v) is 6.68. The van der Waals surface area contributed by atoms with Crippen molar-refractivity contribution in [1.29, 1.82) is 0 Å². The molecule has 0 aliphatic carbocycles. The predicted molar refractivity (Wildman–Crippen MR) is 73.1 cm³/mol. The zero-order valence-corrected chi connectivity index (χ0v) is 12.0. The minimum atomic E-state index is 0.349. The van der Waals surface area contributed by atoms with E-state index in [1.807, 2.05) is 0 Å². The van der Waals surface area contributed by atoms with Gasteiger partial charge in [-0.2, -0.15) is 0 Å². The van der Waals surface area contributed by atoms with Crippen LogP contribution in [0, 0.1) is 11.3 Å². The molecule has 2 atom stereocenters. The number of ether oxygens (including phenoxy) is 1. The molecule has 0 amide bonds. The summed E-state index contributed by atoms with van der Waals surface area (Å²) in [6.45, 7) is 10.6. The maximum atomic E-state index is 5.91. The third-order valence-corrected chi connectivity index (χ3v) is 3.54. The van der Waals surface area contributed by atoms with E-state index in [-0.39, 0.29) is 0 Å². The summed E-state index contributed by atoms with van der Waals surface area (Å²) < 4.78 is 5.54. The predicted octanol–water partition coefficient (Wildman–Crippen LogP) is 2.11. The SMILES string of the molecule is CN(CC1CCCOC1)C(CN)CC(C)(C)C. The molecule has 2 unspecified atom stereocenters. The van der Waals surface area contributed by atoms with Crippen LogP contribution in [-0.2, 0) is 4.74 Å². The molecule has 1 saturated heterocycles. The summed E-state index contributed by atoms with van der Waals surface area (Å²) in [7, 11) is 2.21. The highest BCUT2D eigenvalue weighted by Gasteiger charge is 2.24. The summed E-state index contributed by atoms with van der Waals surface area (Å²) in [6.07, 6.45) is 3.68. The number of nitrogens with two attached hydrogens (primary N) is 1. The molecule has 0 aromatic heterocycles. The highest BCUT2D eigenvalue weighted by atomic mass is 16.5. The first-order chi connectivity index (χ1) is 7.92. The summed E-state index contributed by atoms with van der Waals surface area (Å²) in [6, 6.07) is 0.497. The van der Waals surface area contributed by atoms with Gasteiger partial charge in [0.25, 0.3) is 0 Å². The van der Waals surface area contributed by atoms with Gasteiger partial charge < -0.3 is 15.4 Å². The molecule has 0 saturated carbocycles. The molecule has 0 radical (unpaired) electrons. The standard InChI is InChI=1S/C14H30N2O/c1-14(2,3)8-13(9-15)16(4)10-12-6-5-7-17-11-12/h12-13H,5-11,15H2,1-4H3. The van der Waals surface area contributed by atoms with E-state index >= 15 is 0 Å². The molecule has 0 spiro atoms. The zero-order valence-electron chi connectivity index (χ0n) is 12.0. The van der Waals surface area contributed by atoms with Crippen LogP contribution >= 0.6 is 0 Å². The van der Waals surface area contributed by atoms with Crippen molar-refractivity contribution in [2.45, 2.75) is 46.1 Å². The molecule has 1 aliphatic heterocycles. The average Bonchev–Trinajstić information content (AvgIpc) is 2.26. The summed E-state index contributed by atoms with van der Waals surface area (Å²) >= 11 is 0. The fourth-order valence-corrected chi connectivity index (χ4v) is 2.63. The molecular formula is C14H30N2O. The summed E-state index contributed by atoms with van der Waals surface area (Å²) in [5, 5.41) is 0. The van der Waals surface area contributed by atoms with Crippen molar-refractivity contribution in [1.82, 2.24) is 4.90 Å². The van der Waals surface area contributed by atoms with E-state index in [4.69, 9.17) is 10.5 Å². The molecule has 1 aliphatic rings. The maximum Gasteiger partial charge on any atom is 0.0506 e. The Morgan fingerprint density at radius 1 is 1.41 bits per heavy atom. The smallest absolute Gasteiger partial charge is 0.0506 e. The molecule has 1 heterocycles. The van der Waals surface area contributed by atoms with E-state index in [0.717, 1.165) is 32.7 Å². The van der Waals surface area contributed by atoms with Gasteiger partial charge in [-0.25, -0.2) is 0 Å². The first kappa shape index (κ1) is 14.9. The van der Waals surface area contributed by atoms with E-state index in [1.54, 1.807) is 0 Å². The normalized spacial score (nSPS) is 24.0. The Labute approximate surface area is 107 Å². The lowest BCUT2D eigenvalue weighted by Crippen LogP contribution is -2.43. The van der Waals surface area contributed by atoms with Crippen molar-refractivity contribution in [3.8, 4) is 0 Å². The number of hydrogen-bond donors (Lipinski definition) is 1. The van der Waals surface area contributed by atoms with Crippen LogP contribution in [-0.4, -0.2) is 44.3 Å². The molecule has 0 bridgehead atoms. The van der Waals surface area contributed by atoms with Crippen molar-refractivity contribution < 1.29 is 4.74 Å². The topological polar surface area (TPSA) is 38.5 Å². The van der Waals surface area contributed by atoms with Gasteiger partial charge >= 0.3 is 0 Å². The minimum absolute atomic E-state index is 0.349. The summed E-state index contributed by atoms with van der Waals surface area (Å²) in [5.74, 6) is 0.697. The molecule has 102 valence electrons. The minimum Gasteiger partial charge on any atom is -0.381 e. The lowest BCUT2D eigenvalue weighted by Gasteiger charge is -2.35. The van der Waals surface area contributed by atoms with Gasteiger partial charge in [0.15, 0.2) is 0 Å². The Morgan fingerprint density at radius 3 is 2.59 bits per heavy atom. The third kappa shape index (κ3) is 5.84. The van der Waals surface area contributed by atoms with Crippen LogP contribution in [0.25, 0.3) is 0 Å². The van der Waals surface area contributed by atoms with Crippen LogP contribution in [0.2, 0.25) is 0 Å². The molecule has 2 N–H and O–H groups in total. The molecule has 3 nitrogen and oxygen atoms in total. The van der Waals surface area contributed by atoms with Gasteiger partial charge in [-0.1, -0.05) is 20.8 Å². The van der Waals surface area contributed by atoms with Gasteiger partial charge in [0, 0.05) is 25.7 Å². The van der Waals surface area contributed by atoms with E-state index in [1.165, 1.54) is 12.8 Å². The molecule has 17 heavy (non-hydrogen) atoms. The van der Waals surface area contributed by atoms with Crippen molar-refractivity contribution >= 4 is 0 Å². The van der Waals surface area contributed by atoms with Gasteiger partial charge in [-0.3, -0.25) is 0 Å². The van der Waals surface area contributed by atoms with Gasteiger partial charge in [-0.05, 0) is 37.6 Å². The fourth-order valence-electron chi connectivity index (χ4n) is 2.63. The Hall–Kier alpha value is -0.120. The quantitative estimate of drug-likeness (QED) is 0.802. The number of rotatable bonds is 5. The maximum absolute atomic E-state index is 5.91. The Kier molecular flexibility index (Phi) is 5.90. The lowest BCUT2D eigenvalue weighted by molar-refractivity contribution is 0.0336. The van der Waals surface area contributed by atoms with Gasteiger partial charge in [0.2, 0.25) is 0 Å². The van der Waals surface area contributed by atoms with Crippen LogP contribution in [0.1, 0.15) is 40.0 Å². The van der Waals surface area contributed by atoms with Crippen LogP contribution in [0.5, 0.6) is 0 Å². The lowest BCUT2D eigenvalue weighted by atomic mass is 9.87. The van der Waals surface area contributed by atoms with E-state index in [9.17, 15) is 0 Å². The zero-order chi connectivity index (χ0) is 12.9.